The van der Waals surface area contributed by atoms with Crippen molar-refractivity contribution in [1.82, 2.24) is 0 Å². The standard InChI is InChI=1S/C15H24O.Cu/c1-2-3-4-5-6-7-8-9-14-10-12-15(16)13-11-14;/h10-13,16H,2-9H2,1H3;. The third kappa shape index (κ3) is 8.29. The van der Waals surface area contributed by atoms with Crippen LogP contribution in [0.2, 0.25) is 0 Å². The Hall–Kier alpha value is -0.461. The fourth-order valence-corrected chi connectivity index (χ4v) is 1.95. The molecule has 0 spiro atoms. The van der Waals surface area contributed by atoms with Gasteiger partial charge >= 0.3 is 0 Å². The van der Waals surface area contributed by atoms with E-state index in [1.165, 1.54) is 50.5 Å². The Bertz CT molecular complexity index is 269. The number of phenols is 1. The third-order valence-electron chi connectivity index (χ3n) is 3.01. The maximum atomic E-state index is 9.15. The van der Waals surface area contributed by atoms with Crippen LogP contribution in [0.25, 0.3) is 0 Å². The number of aromatic hydroxyl groups is 1. The van der Waals surface area contributed by atoms with Gasteiger partial charge in [-0.1, -0.05) is 57.6 Å². The molecule has 1 radical (unpaired) electrons. The smallest absolute Gasteiger partial charge is 0.115 e. The van der Waals surface area contributed by atoms with Gasteiger partial charge in [0, 0.05) is 17.1 Å². The number of unbranched alkanes of at least 4 members (excludes halogenated alkanes) is 6. The fourth-order valence-electron chi connectivity index (χ4n) is 1.95. The second kappa shape index (κ2) is 10.7. The topological polar surface area (TPSA) is 20.2 Å². The molecule has 0 amide bonds. The molecule has 1 nitrogen and oxygen atoms in total. The predicted octanol–water partition coefficient (Wildman–Crippen LogP) is 4.68. The molecule has 0 unspecified atom stereocenters. The van der Waals surface area contributed by atoms with E-state index in [4.69, 9.17) is 5.11 Å². The molecular weight excluding hydrogens is 260 g/mol. The van der Waals surface area contributed by atoms with Gasteiger partial charge in [-0.25, -0.2) is 0 Å². The maximum Gasteiger partial charge on any atom is 0.115 e. The van der Waals surface area contributed by atoms with Gasteiger partial charge in [-0.3, -0.25) is 0 Å². The second-order valence-corrected chi connectivity index (χ2v) is 4.54. The number of hydrogen-bond donors (Lipinski definition) is 1. The summed E-state index contributed by atoms with van der Waals surface area (Å²) >= 11 is 0. The van der Waals surface area contributed by atoms with Gasteiger partial charge in [0.25, 0.3) is 0 Å². The molecule has 0 aliphatic heterocycles. The largest absolute Gasteiger partial charge is 0.508 e. The van der Waals surface area contributed by atoms with Crippen LogP contribution in [0.3, 0.4) is 0 Å². The van der Waals surface area contributed by atoms with E-state index < -0.39 is 0 Å². The van der Waals surface area contributed by atoms with Gasteiger partial charge < -0.3 is 5.11 Å². The van der Waals surface area contributed by atoms with Crippen molar-refractivity contribution in [3.8, 4) is 5.75 Å². The Kier molecular flexibility index (Phi) is 10.4. The minimum Gasteiger partial charge on any atom is -0.508 e. The molecule has 0 aromatic heterocycles. The van der Waals surface area contributed by atoms with E-state index in [-0.39, 0.29) is 17.1 Å². The summed E-state index contributed by atoms with van der Waals surface area (Å²) in [5.41, 5.74) is 1.34. The quantitative estimate of drug-likeness (QED) is 0.542. The molecule has 0 fully saturated rings. The molecule has 1 rings (SSSR count). The van der Waals surface area contributed by atoms with E-state index in [0.717, 1.165) is 6.42 Å². The number of rotatable bonds is 8. The van der Waals surface area contributed by atoms with Crippen LogP contribution >= 0.6 is 0 Å². The zero-order chi connectivity index (χ0) is 11.6. The van der Waals surface area contributed by atoms with E-state index in [1.54, 1.807) is 12.1 Å². The Morgan fingerprint density at radius 3 is 1.94 bits per heavy atom. The molecule has 0 heterocycles. The number of aryl methyl sites for hydroxylation is 1. The van der Waals surface area contributed by atoms with Crippen molar-refractivity contribution in [2.24, 2.45) is 0 Å². The number of phenolic OH excluding ortho intramolecular Hbond substituents is 1. The van der Waals surface area contributed by atoms with E-state index in [0.29, 0.717) is 5.75 Å². The molecule has 17 heavy (non-hydrogen) atoms. The molecule has 0 aliphatic carbocycles. The van der Waals surface area contributed by atoms with Gasteiger partial charge in [0.15, 0.2) is 0 Å². The third-order valence-corrected chi connectivity index (χ3v) is 3.01. The van der Waals surface area contributed by atoms with Crippen LogP contribution < -0.4 is 0 Å². The molecule has 0 atom stereocenters. The SMILES string of the molecule is CCCCCCCCCc1ccc(O)cc1.[Cu]. The van der Waals surface area contributed by atoms with E-state index in [1.807, 2.05) is 12.1 Å². The van der Waals surface area contributed by atoms with Crippen LogP contribution in [-0.4, -0.2) is 5.11 Å². The van der Waals surface area contributed by atoms with Crippen LogP contribution in [0, 0.1) is 0 Å². The molecule has 0 saturated carbocycles. The summed E-state index contributed by atoms with van der Waals surface area (Å²) in [5.74, 6) is 0.364. The van der Waals surface area contributed by atoms with Gasteiger partial charge in [-0.2, -0.15) is 0 Å². The normalized spacial score (nSPS) is 9.94. The van der Waals surface area contributed by atoms with Crippen molar-refractivity contribution in [2.45, 2.75) is 58.3 Å². The van der Waals surface area contributed by atoms with Crippen LogP contribution in [-0.2, 0) is 23.5 Å². The Morgan fingerprint density at radius 1 is 0.824 bits per heavy atom. The Balaban J connectivity index is 0.00000256. The van der Waals surface area contributed by atoms with Gasteiger partial charge in [0.1, 0.15) is 5.75 Å². The molecule has 0 bridgehead atoms. The minimum atomic E-state index is 0. The first kappa shape index (κ1) is 16.5. The molecule has 0 saturated heterocycles. The first-order valence-electron chi connectivity index (χ1n) is 6.61. The zero-order valence-electron chi connectivity index (χ0n) is 10.7. The van der Waals surface area contributed by atoms with E-state index >= 15 is 0 Å². The summed E-state index contributed by atoms with van der Waals surface area (Å²) in [5, 5.41) is 9.15. The fraction of sp³-hybridized carbons (Fsp3) is 0.600. The first-order valence-corrected chi connectivity index (χ1v) is 6.61. The van der Waals surface area contributed by atoms with Crippen molar-refractivity contribution < 1.29 is 22.2 Å². The van der Waals surface area contributed by atoms with Gasteiger partial charge in [-0.15, -0.1) is 0 Å². The van der Waals surface area contributed by atoms with Gasteiger partial charge in [-0.05, 0) is 30.5 Å². The minimum absolute atomic E-state index is 0. The van der Waals surface area contributed by atoms with Crippen molar-refractivity contribution >= 4 is 0 Å². The molecule has 2 heteroatoms. The van der Waals surface area contributed by atoms with Gasteiger partial charge in [0.2, 0.25) is 0 Å². The van der Waals surface area contributed by atoms with Crippen molar-refractivity contribution in [1.29, 1.82) is 0 Å². The van der Waals surface area contributed by atoms with Crippen LogP contribution in [0.4, 0.5) is 0 Å². The van der Waals surface area contributed by atoms with Crippen molar-refractivity contribution in [2.75, 3.05) is 0 Å². The maximum absolute atomic E-state index is 9.15. The molecular formula is C15H24CuO. The second-order valence-electron chi connectivity index (χ2n) is 4.54. The summed E-state index contributed by atoms with van der Waals surface area (Å²) in [6.45, 7) is 2.25. The monoisotopic (exact) mass is 283 g/mol. The van der Waals surface area contributed by atoms with Crippen LogP contribution in [0.5, 0.6) is 5.75 Å². The first-order chi connectivity index (χ1) is 7.83. The average Bonchev–Trinajstić information content (AvgIpc) is 2.30. The van der Waals surface area contributed by atoms with E-state index in [2.05, 4.69) is 6.92 Å². The van der Waals surface area contributed by atoms with Crippen LogP contribution in [0.15, 0.2) is 24.3 Å². The summed E-state index contributed by atoms with van der Waals surface area (Å²) in [4.78, 5) is 0. The zero-order valence-corrected chi connectivity index (χ0v) is 11.7. The van der Waals surface area contributed by atoms with Crippen molar-refractivity contribution in [3.63, 3.8) is 0 Å². The summed E-state index contributed by atoms with van der Waals surface area (Å²) < 4.78 is 0. The molecule has 1 N–H and O–H groups in total. The predicted molar refractivity (Wildman–Crippen MR) is 69.8 cm³/mol. The van der Waals surface area contributed by atoms with Crippen LogP contribution in [0.1, 0.15) is 57.4 Å². The summed E-state index contributed by atoms with van der Waals surface area (Å²) in [6.07, 6.45) is 10.6. The number of benzene rings is 1. The molecule has 0 aliphatic rings. The van der Waals surface area contributed by atoms with Crippen molar-refractivity contribution in [3.05, 3.63) is 29.8 Å². The molecule has 1 aromatic rings. The molecule has 1 aromatic carbocycles. The van der Waals surface area contributed by atoms with Gasteiger partial charge in [0.05, 0.1) is 0 Å². The Morgan fingerprint density at radius 2 is 1.35 bits per heavy atom. The average molecular weight is 284 g/mol. The summed E-state index contributed by atoms with van der Waals surface area (Å²) in [6, 6.07) is 7.59. The van der Waals surface area contributed by atoms with E-state index in [9.17, 15) is 0 Å². The summed E-state index contributed by atoms with van der Waals surface area (Å²) in [7, 11) is 0. The number of hydrogen-bond acceptors (Lipinski definition) is 1. The molecule has 101 valence electrons. The Labute approximate surface area is 116 Å².